The standard InChI is InChI=1S/C13H18ClNO2/c1-4-15(13(16)10(2)17-3)9-11-7-5-6-8-12(11)14/h5-8,10H,4,9H2,1-3H3. The fraction of sp³-hybridized carbons (Fsp3) is 0.462. The number of rotatable bonds is 5. The third-order valence-electron chi connectivity index (χ3n) is 2.71. The monoisotopic (exact) mass is 255 g/mol. The van der Waals surface area contributed by atoms with Crippen molar-refractivity contribution in [3.05, 3.63) is 34.9 Å². The Kier molecular flexibility index (Phi) is 5.45. The maximum absolute atomic E-state index is 12.0. The van der Waals surface area contributed by atoms with E-state index < -0.39 is 6.10 Å². The van der Waals surface area contributed by atoms with Crippen molar-refractivity contribution in [2.75, 3.05) is 13.7 Å². The molecule has 1 atom stereocenters. The molecule has 0 saturated heterocycles. The average molecular weight is 256 g/mol. The Hall–Kier alpha value is -1.06. The first-order valence-electron chi connectivity index (χ1n) is 5.65. The second kappa shape index (κ2) is 6.62. The number of benzene rings is 1. The molecular formula is C13H18ClNO2. The highest BCUT2D eigenvalue weighted by atomic mass is 35.5. The Morgan fingerprint density at radius 1 is 1.47 bits per heavy atom. The summed E-state index contributed by atoms with van der Waals surface area (Å²) in [6.45, 7) is 4.84. The molecule has 0 heterocycles. The number of halogens is 1. The minimum absolute atomic E-state index is 0.0186. The number of hydrogen-bond acceptors (Lipinski definition) is 2. The van der Waals surface area contributed by atoms with Crippen molar-refractivity contribution in [1.82, 2.24) is 4.90 Å². The SMILES string of the molecule is CCN(Cc1ccccc1Cl)C(=O)C(C)OC. The summed E-state index contributed by atoms with van der Waals surface area (Å²) in [4.78, 5) is 13.7. The molecule has 0 N–H and O–H groups in total. The van der Waals surface area contributed by atoms with E-state index in [-0.39, 0.29) is 5.91 Å². The van der Waals surface area contributed by atoms with Gasteiger partial charge in [-0.2, -0.15) is 0 Å². The van der Waals surface area contributed by atoms with Crippen molar-refractivity contribution in [2.24, 2.45) is 0 Å². The number of methoxy groups -OCH3 is 1. The molecule has 0 aliphatic carbocycles. The predicted octanol–water partition coefficient (Wildman–Crippen LogP) is 2.72. The fourth-order valence-electron chi connectivity index (χ4n) is 1.54. The molecule has 0 radical (unpaired) electrons. The van der Waals surface area contributed by atoms with Gasteiger partial charge in [0, 0.05) is 25.2 Å². The summed E-state index contributed by atoms with van der Waals surface area (Å²) in [6, 6.07) is 7.55. The van der Waals surface area contributed by atoms with Crippen LogP contribution in [0.2, 0.25) is 5.02 Å². The van der Waals surface area contributed by atoms with Gasteiger partial charge in [0.05, 0.1) is 0 Å². The fourth-order valence-corrected chi connectivity index (χ4v) is 1.73. The summed E-state index contributed by atoms with van der Waals surface area (Å²) >= 11 is 6.07. The van der Waals surface area contributed by atoms with Gasteiger partial charge < -0.3 is 9.64 Å². The molecule has 0 aromatic heterocycles. The van der Waals surface area contributed by atoms with Crippen molar-refractivity contribution < 1.29 is 9.53 Å². The molecule has 17 heavy (non-hydrogen) atoms. The van der Waals surface area contributed by atoms with Crippen molar-refractivity contribution in [2.45, 2.75) is 26.5 Å². The van der Waals surface area contributed by atoms with Gasteiger partial charge in [0.15, 0.2) is 0 Å². The number of carbonyl (C=O) groups excluding carboxylic acids is 1. The van der Waals surface area contributed by atoms with Gasteiger partial charge in [0.25, 0.3) is 5.91 Å². The quantitative estimate of drug-likeness (QED) is 0.810. The van der Waals surface area contributed by atoms with Crippen LogP contribution in [0.25, 0.3) is 0 Å². The summed E-state index contributed by atoms with van der Waals surface area (Å²) in [6.07, 6.45) is -0.419. The molecule has 0 saturated carbocycles. The zero-order chi connectivity index (χ0) is 12.8. The number of hydrogen-bond donors (Lipinski definition) is 0. The topological polar surface area (TPSA) is 29.5 Å². The molecule has 1 unspecified atom stereocenters. The molecule has 4 heteroatoms. The molecule has 1 aromatic rings. The summed E-state index contributed by atoms with van der Waals surface area (Å²) in [5, 5.41) is 0.684. The molecule has 3 nitrogen and oxygen atoms in total. The Balaban J connectivity index is 2.77. The lowest BCUT2D eigenvalue weighted by atomic mass is 10.2. The molecule has 0 fully saturated rings. The molecule has 1 aromatic carbocycles. The minimum atomic E-state index is -0.419. The highest BCUT2D eigenvalue weighted by molar-refractivity contribution is 6.31. The van der Waals surface area contributed by atoms with Gasteiger partial charge in [0.1, 0.15) is 6.10 Å². The van der Waals surface area contributed by atoms with Crippen LogP contribution in [0.1, 0.15) is 19.4 Å². The molecule has 0 aliphatic heterocycles. The molecule has 1 amide bonds. The largest absolute Gasteiger partial charge is 0.372 e. The maximum atomic E-state index is 12.0. The number of amides is 1. The maximum Gasteiger partial charge on any atom is 0.251 e. The van der Waals surface area contributed by atoms with E-state index in [1.165, 1.54) is 7.11 Å². The second-order valence-electron chi connectivity index (χ2n) is 3.82. The Labute approximate surface area is 107 Å². The van der Waals surface area contributed by atoms with E-state index in [1.54, 1.807) is 11.8 Å². The zero-order valence-corrected chi connectivity index (χ0v) is 11.2. The van der Waals surface area contributed by atoms with E-state index in [4.69, 9.17) is 16.3 Å². The minimum Gasteiger partial charge on any atom is -0.372 e. The first-order chi connectivity index (χ1) is 8.10. The summed E-state index contributed by atoms with van der Waals surface area (Å²) < 4.78 is 5.04. The van der Waals surface area contributed by atoms with Crippen LogP contribution in [0.4, 0.5) is 0 Å². The normalized spacial score (nSPS) is 12.2. The Morgan fingerprint density at radius 2 is 2.12 bits per heavy atom. The summed E-state index contributed by atoms with van der Waals surface area (Å²) in [5.74, 6) is -0.0186. The number of likely N-dealkylation sites (N-methyl/N-ethyl adjacent to an activating group) is 1. The van der Waals surface area contributed by atoms with Crippen LogP contribution in [0.15, 0.2) is 24.3 Å². The van der Waals surface area contributed by atoms with Gasteiger partial charge in [-0.3, -0.25) is 4.79 Å². The first kappa shape index (κ1) is 14.0. The van der Waals surface area contributed by atoms with Crippen molar-refractivity contribution >= 4 is 17.5 Å². The van der Waals surface area contributed by atoms with Crippen molar-refractivity contribution in [3.8, 4) is 0 Å². The smallest absolute Gasteiger partial charge is 0.251 e. The first-order valence-corrected chi connectivity index (χ1v) is 6.03. The van der Waals surface area contributed by atoms with Crippen LogP contribution in [-0.4, -0.2) is 30.6 Å². The molecule has 0 spiro atoms. The van der Waals surface area contributed by atoms with Crippen LogP contribution in [0.3, 0.4) is 0 Å². The molecule has 0 aliphatic rings. The third-order valence-corrected chi connectivity index (χ3v) is 3.08. The average Bonchev–Trinajstić information content (AvgIpc) is 2.36. The van der Waals surface area contributed by atoms with Gasteiger partial charge in [-0.15, -0.1) is 0 Å². The van der Waals surface area contributed by atoms with Gasteiger partial charge in [0.2, 0.25) is 0 Å². The zero-order valence-electron chi connectivity index (χ0n) is 10.4. The van der Waals surface area contributed by atoms with Crippen LogP contribution in [0, 0.1) is 0 Å². The van der Waals surface area contributed by atoms with Gasteiger partial charge >= 0.3 is 0 Å². The molecule has 94 valence electrons. The van der Waals surface area contributed by atoms with Gasteiger partial charge in [-0.1, -0.05) is 29.8 Å². The van der Waals surface area contributed by atoms with Crippen molar-refractivity contribution in [1.29, 1.82) is 0 Å². The van der Waals surface area contributed by atoms with Gasteiger partial charge in [-0.05, 0) is 25.5 Å². The number of nitrogens with zero attached hydrogens (tertiary/aromatic N) is 1. The van der Waals surface area contributed by atoms with Crippen molar-refractivity contribution in [3.63, 3.8) is 0 Å². The van der Waals surface area contributed by atoms with E-state index in [2.05, 4.69) is 0 Å². The lowest BCUT2D eigenvalue weighted by Crippen LogP contribution is -2.38. The van der Waals surface area contributed by atoms with Crippen LogP contribution >= 0.6 is 11.6 Å². The molecule has 1 rings (SSSR count). The van der Waals surface area contributed by atoms with E-state index >= 15 is 0 Å². The summed E-state index contributed by atoms with van der Waals surface area (Å²) in [5.41, 5.74) is 0.952. The predicted molar refractivity (Wildman–Crippen MR) is 69.0 cm³/mol. The number of carbonyl (C=O) groups is 1. The Bertz CT molecular complexity index is 381. The van der Waals surface area contributed by atoms with Crippen LogP contribution in [-0.2, 0) is 16.1 Å². The lowest BCUT2D eigenvalue weighted by molar-refractivity contribution is -0.141. The summed E-state index contributed by atoms with van der Waals surface area (Å²) in [7, 11) is 1.53. The third kappa shape index (κ3) is 3.72. The Morgan fingerprint density at radius 3 is 2.65 bits per heavy atom. The van der Waals surface area contributed by atoms with Gasteiger partial charge in [-0.25, -0.2) is 0 Å². The molecule has 0 bridgehead atoms. The van der Waals surface area contributed by atoms with Crippen LogP contribution in [0.5, 0.6) is 0 Å². The highest BCUT2D eigenvalue weighted by Gasteiger charge is 2.19. The van der Waals surface area contributed by atoms with E-state index in [1.807, 2.05) is 31.2 Å². The van der Waals surface area contributed by atoms with E-state index in [0.29, 0.717) is 18.1 Å². The van der Waals surface area contributed by atoms with E-state index in [0.717, 1.165) is 5.56 Å². The number of ether oxygens (including phenoxy) is 1. The molecular weight excluding hydrogens is 238 g/mol. The lowest BCUT2D eigenvalue weighted by Gasteiger charge is -2.24. The van der Waals surface area contributed by atoms with Crippen LogP contribution < -0.4 is 0 Å². The van der Waals surface area contributed by atoms with E-state index in [9.17, 15) is 4.79 Å². The highest BCUT2D eigenvalue weighted by Crippen LogP contribution is 2.17. The second-order valence-corrected chi connectivity index (χ2v) is 4.23.